The van der Waals surface area contributed by atoms with Gasteiger partial charge in [0.1, 0.15) is 6.29 Å². The van der Waals surface area contributed by atoms with Crippen LogP contribution in [-0.2, 0) is 14.3 Å². The largest absolute Gasteiger partial charge is 0.456 e. The molecule has 0 saturated heterocycles. The first-order chi connectivity index (χ1) is 6.81. The lowest BCUT2D eigenvalue weighted by molar-refractivity contribution is -0.136. The Morgan fingerprint density at radius 3 is 2.86 bits per heavy atom. The summed E-state index contributed by atoms with van der Waals surface area (Å²) in [5, 5.41) is 0. The Kier molecular flexibility index (Phi) is 8.88. The molecule has 0 amide bonds. The molecule has 78 valence electrons. The molecule has 0 aromatic carbocycles. The number of unbranched alkanes of at least 4 members (excludes halogenated alkanes) is 3. The third-order valence-corrected chi connectivity index (χ3v) is 1.55. The molecule has 0 rings (SSSR count). The highest BCUT2D eigenvalue weighted by Crippen LogP contribution is 1.90. The third kappa shape index (κ3) is 8.79. The predicted molar refractivity (Wildman–Crippen MR) is 53.6 cm³/mol. The lowest BCUT2D eigenvalue weighted by Crippen LogP contribution is -2.02. The Morgan fingerprint density at radius 2 is 2.21 bits per heavy atom. The van der Waals surface area contributed by atoms with Crippen molar-refractivity contribution in [1.29, 1.82) is 0 Å². The summed E-state index contributed by atoms with van der Waals surface area (Å²) in [6.45, 7) is 2.47. The van der Waals surface area contributed by atoms with Crippen LogP contribution in [0.25, 0.3) is 0 Å². The predicted octanol–water partition coefficient (Wildman–Crippen LogP) is 1.70. The van der Waals surface area contributed by atoms with E-state index in [0.717, 1.165) is 19.1 Å². The van der Waals surface area contributed by atoms with Crippen LogP contribution in [0.2, 0.25) is 0 Å². The quantitative estimate of drug-likeness (QED) is 0.213. The Hall–Kier alpha value is -1.30. The van der Waals surface area contributed by atoms with E-state index >= 15 is 0 Å². The number of hydrogen-bond donors (Lipinski definition) is 0. The zero-order valence-corrected chi connectivity index (χ0v) is 8.54. The number of rotatable bonds is 6. The topological polar surface area (TPSA) is 43.4 Å². The number of aldehydes is 1. The Bertz CT molecular complexity index is 222. The lowest BCUT2D eigenvalue weighted by atomic mass is 10.2. The molecule has 3 nitrogen and oxygen atoms in total. The van der Waals surface area contributed by atoms with Gasteiger partial charge in [0.05, 0.1) is 6.61 Å². The normalized spacial score (nSPS) is 8.64. The van der Waals surface area contributed by atoms with E-state index in [1.807, 2.05) is 6.92 Å². The minimum atomic E-state index is -0.468. The fourth-order valence-electron chi connectivity index (χ4n) is 0.754. The second-order valence-electron chi connectivity index (χ2n) is 2.85. The van der Waals surface area contributed by atoms with E-state index in [4.69, 9.17) is 4.74 Å². The average Bonchev–Trinajstić information content (AvgIpc) is 2.18. The van der Waals surface area contributed by atoms with E-state index in [-0.39, 0.29) is 0 Å². The van der Waals surface area contributed by atoms with Crippen LogP contribution in [0.15, 0.2) is 0 Å². The standard InChI is InChI=1S/C11H16O3/c1-2-3-10-14-11(13)8-6-4-5-7-9-12/h9H,2-5,7,10H2,1H3. The Balaban J connectivity index is 3.44. The number of ether oxygens (including phenoxy) is 1. The van der Waals surface area contributed by atoms with Gasteiger partial charge in [-0.2, -0.15) is 0 Å². The van der Waals surface area contributed by atoms with Crippen molar-refractivity contribution >= 4 is 12.3 Å². The van der Waals surface area contributed by atoms with Gasteiger partial charge in [0.25, 0.3) is 0 Å². The summed E-state index contributed by atoms with van der Waals surface area (Å²) in [4.78, 5) is 20.8. The van der Waals surface area contributed by atoms with E-state index in [1.165, 1.54) is 0 Å². The minimum Gasteiger partial charge on any atom is -0.456 e. The SMILES string of the molecule is CCCCOC(=O)C#CCCCC=O. The highest BCUT2D eigenvalue weighted by molar-refractivity contribution is 5.88. The van der Waals surface area contributed by atoms with E-state index in [2.05, 4.69) is 11.8 Å². The molecule has 0 N–H and O–H groups in total. The summed E-state index contributed by atoms with van der Waals surface area (Å²) >= 11 is 0. The van der Waals surface area contributed by atoms with Crippen molar-refractivity contribution in [2.24, 2.45) is 0 Å². The van der Waals surface area contributed by atoms with Crippen molar-refractivity contribution < 1.29 is 14.3 Å². The van der Waals surface area contributed by atoms with Crippen molar-refractivity contribution in [2.45, 2.75) is 39.0 Å². The van der Waals surface area contributed by atoms with E-state index < -0.39 is 5.97 Å². The zero-order valence-electron chi connectivity index (χ0n) is 8.54. The van der Waals surface area contributed by atoms with Crippen LogP contribution in [0.3, 0.4) is 0 Å². The van der Waals surface area contributed by atoms with Gasteiger partial charge >= 0.3 is 5.97 Å². The average molecular weight is 196 g/mol. The molecule has 0 aromatic rings. The highest BCUT2D eigenvalue weighted by Gasteiger charge is 1.94. The van der Waals surface area contributed by atoms with E-state index in [9.17, 15) is 9.59 Å². The van der Waals surface area contributed by atoms with E-state index in [0.29, 0.717) is 25.9 Å². The van der Waals surface area contributed by atoms with Crippen LogP contribution < -0.4 is 0 Å². The number of carbonyl (C=O) groups excluding carboxylic acids is 2. The molecule has 0 heterocycles. The van der Waals surface area contributed by atoms with Gasteiger partial charge in [-0.3, -0.25) is 0 Å². The summed E-state index contributed by atoms with van der Waals surface area (Å²) in [6.07, 6.45) is 4.50. The number of carbonyl (C=O) groups is 2. The van der Waals surface area contributed by atoms with Crippen LogP contribution in [0.5, 0.6) is 0 Å². The second-order valence-corrected chi connectivity index (χ2v) is 2.85. The van der Waals surface area contributed by atoms with Gasteiger partial charge < -0.3 is 9.53 Å². The summed E-state index contributed by atoms with van der Waals surface area (Å²) < 4.78 is 4.81. The molecule has 0 radical (unpaired) electrons. The van der Waals surface area contributed by atoms with Crippen molar-refractivity contribution in [3.05, 3.63) is 0 Å². The minimum absolute atomic E-state index is 0.443. The molecule has 0 bridgehead atoms. The van der Waals surface area contributed by atoms with Crippen molar-refractivity contribution in [1.82, 2.24) is 0 Å². The van der Waals surface area contributed by atoms with Gasteiger partial charge in [-0.1, -0.05) is 19.3 Å². The number of esters is 1. The van der Waals surface area contributed by atoms with Gasteiger partial charge in [-0.15, -0.1) is 0 Å². The molecule has 0 spiro atoms. The molecule has 14 heavy (non-hydrogen) atoms. The Morgan fingerprint density at radius 1 is 1.43 bits per heavy atom. The van der Waals surface area contributed by atoms with Crippen LogP contribution in [-0.4, -0.2) is 18.9 Å². The second kappa shape index (κ2) is 9.79. The number of hydrogen-bond acceptors (Lipinski definition) is 3. The van der Waals surface area contributed by atoms with Crippen molar-refractivity contribution in [3.8, 4) is 11.8 Å². The summed E-state index contributed by atoms with van der Waals surface area (Å²) in [5.41, 5.74) is 0. The van der Waals surface area contributed by atoms with E-state index in [1.54, 1.807) is 0 Å². The fourth-order valence-corrected chi connectivity index (χ4v) is 0.754. The van der Waals surface area contributed by atoms with Gasteiger partial charge in [-0.05, 0) is 12.8 Å². The molecule has 3 heteroatoms. The molecule has 0 aliphatic rings. The zero-order chi connectivity index (χ0) is 10.6. The fraction of sp³-hybridized carbons (Fsp3) is 0.636. The molecular weight excluding hydrogens is 180 g/mol. The van der Waals surface area contributed by atoms with Gasteiger partial charge in [0, 0.05) is 18.8 Å². The van der Waals surface area contributed by atoms with Gasteiger partial charge in [0.15, 0.2) is 0 Å². The first kappa shape index (κ1) is 12.7. The maximum absolute atomic E-state index is 10.9. The van der Waals surface area contributed by atoms with Crippen LogP contribution in [0.4, 0.5) is 0 Å². The summed E-state index contributed by atoms with van der Waals surface area (Å²) in [5.74, 6) is 4.57. The third-order valence-electron chi connectivity index (χ3n) is 1.55. The molecule has 0 aromatic heterocycles. The highest BCUT2D eigenvalue weighted by atomic mass is 16.5. The summed E-state index contributed by atoms with van der Waals surface area (Å²) in [6, 6.07) is 0. The molecule has 0 fully saturated rings. The first-order valence-corrected chi connectivity index (χ1v) is 4.90. The molecule has 0 atom stereocenters. The van der Waals surface area contributed by atoms with Gasteiger partial charge in [0.2, 0.25) is 0 Å². The van der Waals surface area contributed by atoms with Gasteiger partial charge in [-0.25, -0.2) is 4.79 Å². The Labute approximate surface area is 84.8 Å². The smallest absolute Gasteiger partial charge is 0.384 e. The first-order valence-electron chi connectivity index (χ1n) is 4.90. The summed E-state index contributed by atoms with van der Waals surface area (Å²) in [7, 11) is 0. The molecular formula is C11H16O3. The van der Waals surface area contributed by atoms with Crippen LogP contribution >= 0.6 is 0 Å². The van der Waals surface area contributed by atoms with Crippen LogP contribution in [0.1, 0.15) is 39.0 Å². The van der Waals surface area contributed by atoms with Crippen molar-refractivity contribution in [2.75, 3.05) is 6.61 Å². The molecule has 0 aliphatic heterocycles. The van der Waals surface area contributed by atoms with Crippen molar-refractivity contribution in [3.63, 3.8) is 0 Å². The maximum Gasteiger partial charge on any atom is 0.384 e. The molecule has 0 unspecified atom stereocenters. The monoisotopic (exact) mass is 196 g/mol. The maximum atomic E-state index is 10.9. The molecule has 0 aliphatic carbocycles. The molecule has 0 saturated carbocycles. The van der Waals surface area contributed by atoms with Crippen LogP contribution in [0, 0.1) is 11.8 Å². The lowest BCUT2D eigenvalue weighted by Gasteiger charge is -1.96.